The van der Waals surface area contributed by atoms with Gasteiger partial charge in [0.25, 0.3) is 0 Å². The summed E-state index contributed by atoms with van der Waals surface area (Å²) in [7, 11) is 1.64. The number of allylic oxidation sites excluding steroid dienone is 1. The first kappa shape index (κ1) is 16.2. The van der Waals surface area contributed by atoms with Gasteiger partial charge in [-0.3, -0.25) is 4.79 Å². The minimum absolute atomic E-state index is 0.0149. The van der Waals surface area contributed by atoms with Crippen molar-refractivity contribution >= 4 is 5.91 Å². The van der Waals surface area contributed by atoms with Crippen LogP contribution in [-0.2, 0) is 11.2 Å². The molecule has 0 aliphatic rings. The van der Waals surface area contributed by atoms with E-state index in [2.05, 4.69) is 0 Å². The highest BCUT2D eigenvalue weighted by Crippen LogP contribution is 2.20. The molecule has 110 valence electrons. The van der Waals surface area contributed by atoms with Crippen molar-refractivity contribution in [2.24, 2.45) is 0 Å². The number of hydrogen-bond acceptors (Lipinski definition) is 3. The first-order valence-electron chi connectivity index (χ1n) is 6.81. The van der Waals surface area contributed by atoms with E-state index < -0.39 is 0 Å². The molecule has 1 aromatic rings. The lowest BCUT2D eigenvalue weighted by Gasteiger charge is -2.18. The lowest BCUT2D eigenvalue weighted by atomic mass is 10.0. The molecule has 1 rings (SSSR count). The van der Waals surface area contributed by atoms with Gasteiger partial charge in [-0.2, -0.15) is 0 Å². The number of likely N-dealkylation sites (N-methyl/N-ethyl adjacent to an activating group) is 1. The van der Waals surface area contributed by atoms with Gasteiger partial charge in [-0.1, -0.05) is 23.8 Å². The molecule has 0 bridgehead atoms. The molecule has 1 aromatic carbocycles. The summed E-state index contributed by atoms with van der Waals surface area (Å²) in [5.41, 5.74) is 2.03. The van der Waals surface area contributed by atoms with Crippen molar-refractivity contribution in [3.8, 4) is 5.75 Å². The quantitative estimate of drug-likeness (QED) is 0.776. The van der Waals surface area contributed by atoms with Gasteiger partial charge < -0.3 is 14.7 Å². The van der Waals surface area contributed by atoms with Crippen molar-refractivity contribution in [3.63, 3.8) is 0 Å². The van der Waals surface area contributed by atoms with Crippen molar-refractivity contribution < 1.29 is 14.6 Å². The SMILES string of the molecule is CCN(CCO)C(=O)/C=C(/C)Cc1ccccc1OC. The van der Waals surface area contributed by atoms with Gasteiger partial charge in [-0.15, -0.1) is 0 Å². The molecule has 0 spiro atoms. The fourth-order valence-corrected chi connectivity index (χ4v) is 2.05. The van der Waals surface area contributed by atoms with E-state index in [0.29, 0.717) is 19.5 Å². The first-order valence-corrected chi connectivity index (χ1v) is 6.81. The van der Waals surface area contributed by atoms with Gasteiger partial charge in [0.15, 0.2) is 0 Å². The normalized spacial score (nSPS) is 11.3. The summed E-state index contributed by atoms with van der Waals surface area (Å²) >= 11 is 0. The number of aliphatic hydroxyl groups is 1. The van der Waals surface area contributed by atoms with E-state index in [-0.39, 0.29) is 12.5 Å². The van der Waals surface area contributed by atoms with Crippen LogP contribution in [0.5, 0.6) is 5.75 Å². The maximum absolute atomic E-state index is 12.0. The first-order chi connectivity index (χ1) is 9.62. The van der Waals surface area contributed by atoms with Gasteiger partial charge in [0, 0.05) is 19.2 Å². The molecule has 0 aromatic heterocycles. The van der Waals surface area contributed by atoms with Gasteiger partial charge in [-0.25, -0.2) is 0 Å². The van der Waals surface area contributed by atoms with Crippen LogP contribution in [0.15, 0.2) is 35.9 Å². The second-order valence-electron chi connectivity index (χ2n) is 4.62. The molecule has 4 nitrogen and oxygen atoms in total. The minimum atomic E-state index is -0.0612. The van der Waals surface area contributed by atoms with E-state index >= 15 is 0 Å². The van der Waals surface area contributed by atoms with E-state index in [1.54, 1.807) is 18.1 Å². The number of rotatable bonds is 7. The van der Waals surface area contributed by atoms with Gasteiger partial charge in [-0.05, 0) is 31.9 Å². The van der Waals surface area contributed by atoms with E-state index in [1.165, 1.54) is 0 Å². The molecular weight excluding hydrogens is 254 g/mol. The molecule has 1 amide bonds. The standard InChI is InChI=1S/C16H23NO3/c1-4-17(9-10-18)16(19)12-13(2)11-14-7-5-6-8-15(14)20-3/h5-8,12,18H,4,9-11H2,1-3H3/b13-12-. The van der Waals surface area contributed by atoms with Crippen LogP contribution in [0, 0.1) is 0 Å². The summed E-state index contributed by atoms with van der Waals surface area (Å²) < 4.78 is 5.30. The van der Waals surface area contributed by atoms with Crippen molar-refractivity contribution in [2.75, 3.05) is 26.8 Å². The van der Waals surface area contributed by atoms with Crippen molar-refractivity contribution in [1.82, 2.24) is 4.90 Å². The highest BCUT2D eigenvalue weighted by atomic mass is 16.5. The molecule has 0 radical (unpaired) electrons. The Morgan fingerprint density at radius 3 is 2.70 bits per heavy atom. The molecular formula is C16H23NO3. The Morgan fingerprint density at radius 2 is 2.10 bits per heavy atom. The molecule has 0 heterocycles. The number of ether oxygens (including phenoxy) is 1. The third-order valence-electron chi connectivity index (χ3n) is 3.09. The minimum Gasteiger partial charge on any atom is -0.496 e. The second kappa shape index (κ2) is 8.38. The summed E-state index contributed by atoms with van der Waals surface area (Å²) in [5, 5.41) is 8.92. The molecule has 1 N–H and O–H groups in total. The second-order valence-corrected chi connectivity index (χ2v) is 4.62. The fourth-order valence-electron chi connectivity index (χ4n) is 2.05. The third kappa shape index (κ3) is 4.70. The predicted octanol–water partition coefficient (Wildman–Crippen LogP) is 2.02. The molecule has 0 saturated carbocycles. The van der Waals surface area contributed by atoms with Crippen LogP contribution in [0.25, 0.3) is 0 Å². The van der Waals surface area contributed by atoms with Crippen LogP contribution in [0.4, 0.5) is 0 Å². The maximum Gasteiger partial charge on any atom is 0.246 e. The Bertz CT molecular complexity index is 469. The molecule has 0 aliphatic heterocycles. The van der Waals surface area contributed by atoms with E-state index in [9.17, 15) is 4.79 Å². The van der Waals surface area contributed by atoms with Crippen LogP contribution in [0.3, 0.4) is 0 Å². The zero-order chi connectivity index (χ0) is 15.0. The van der Waals surface area contributed by atoms with E-state index in [1.807, 2.05) is 38.1 Å². The van der Waals surface area contributed by atoms with Crippen LogP contribution in [-0.4, -0.2) is 42.7 Å². The smallest absolute Gasteiger partial charge is 0.246 e. The Kier molecular flexibility index (Phi) is 6.81. The number of carbonyl (C=O) groups excluding carboxylic acids is 1. The molecule has 4 heteroatoms. The Hall–Kier alpha value is -1.81. The van der Waals surface area contributed by atoms with Crippen molar-refractivity contribution in [1.29, 1.82) is 0 Å². The summed E-state index contributed by atoms with van der Waals surface area (Å²) in [6.07, 6.45) is 2.30. The highest BCUT2D eigenvalue weighted by Gasteiger charge is 2.09. The van der Waals surface area contributed by atoms with Gasteiger partial charge in [0.2, 0.25) is 5.91 Å². The lowest BCUT2D eigenvalue weighted by Crippen LogP contribution is -2.32. The molecule has 0 aliphatic carbocycles. The van der Waals surface area contributed by atoms with E-state index in [4.69, 9.17) is 9.84 Å². The number of hydrogen-bond donors (Lipinski definition) is 1. The number of aliphatic hydroxyl groups excluding tert-OH is 1. The van der Waals surface area contributed by atoms with Gasteiger partial charge in [0.1, 0.15) is 5.75 Å². The number of benzene rings is 1. The molecule has 0 saturated heterocycles. The largest absolute Gasteiger partial charge is 0.496 e. The maximum atomic E-state index is 12.0. The fraction of sp³-hybridized carbons (Fsp3) is 0.438. The van der Waals surface area contributed by atoms with Crippen molar-refractivity contribution in [3.05, 3.63) is 41.5 Å². The number of nitrogens with zero attached hydrogens (tertiary/aromatic N) is 1. The number of para-hydroxylation sites is 1. The molecule has 0 atom stereocenters. The number of amides is 1. The third-order valence-corrected chi connectivity index (χ3v) is 3.09. The highest BCUT2D eigenvalue weighted by molar-refractivity contribution is 5.88. The Balaban J connectivity index is 2.76. The molecule has 0 unspecified atom stereocenters. The summed E-state index contributed by atoms with van der Waals surface area (Å²) in [4.78, 5) is 13.6. The van der Waals surface area contributed by atoms with E-state index in [0.717, 1.165) is 16.9 Å². The average molecular weight is 277 g/mol. The zero-order valence-corrected chi connectivity index (χ0v) is 12.4. The summed E-state index contributed by atoms with van der Waals surface area (Å²) in [5.74, 6) is 0.768. The monoisotopic (exact) mass is 277 g/mol. The average Bonchev–Trinajstić information content (AvgIpc) is 2.45. The summed E-state index contributed by atoms with van der Waals surface area (Å²) in [6, 6.07) is 7.78. The Morgan fingerprint density at radius 1 is 1.40 bits per heavy atom. The van der Waals surface area contributed by atoms with Gasteiger partial charge in [0.05, 0.1) is 13.7 Å². The topological polar surface area (TPSA) is 49.8 Å². The predicted molar refractivity (Wildman–Crippen MR) is 79.8 cm³/mol. The van der Waals surface area contributed by atoms with Crippen LogP contribution >= 0.6 is 0 Å². The van der Waals surface area contributed by atoms with Crippen LogP contribution < -0.4 is 4.74 Å². The number of carbonyl (C=O) groups is 1. The zero-order valence-electron chi connectivity index (χ0n) is 12.4. The number of methoxy groups -OCH3 is 1. The van der Waals surface area contributed by atoms with Crippen molar-refractivity contribution in [2.45, 2.75) is 20.3 Å². The Labute approximate surface area is 120 Å². The van der Waals surface area contributed by atoms with Crippen LogP contribution in [0.2, 0.25) is 0 Å². The molecule has 20 heavy (non-hydrogen) atoms. The lowest BCUT2D eigenvalue weighted by molar-refractivity contribution is -0.126. The van der Waals surface area contributed by atoms with Gasteiger partial charge >= 0.3 is 0 Å². The van der Waals surface area contributed by atoms with Crippen LogP contribution in [0.1, 0.15) is 19.4 Å². The molecule has 0 fully saturated rings. The summed E-state index contributed by atoms with van der Waals surface area (Å²) in [6.45, 7) is 4.78.